The van der Waals surface area contributed by atoms with Gasteiger partial charge in [0.15, 0.2) is 0 Å². The van der Waals surface area contributed by atoms with Gasteiger partial charge in [0.2, 0.25) is 5.91 Å². The highest BCUT2D eigenvalue weighted by molar-refractivity contribution is 5.86. The fourth-order valence-corrected chi connectivity index (χ4v) is 1.15. The first kappa shape index (κ1) is 12.9. The Labute approximate surface area is 85.6 Å². The van der Waals surface area contributed by atoms with Gasteiger partial charge in [-0.2, -0.15) is 0 Å². The van der Waals surface area contributed by atoms with Crippen LogP contribution in [0.4, 0.5) is 0 Å². The van der Waals surface area contributed by atoms with Crippen molar-refractivity contribution in [2.45, 2.75) is 33.1 Å². The Balaban J connectivity index is 3.53. The molecule has 0 aromatic carbocycles. The summed E-state index contributed by atoms with van der Waals surface area (Å²) in [6.07, 6.45) is 3.30. The van der Waals surface area contributed by atoms with E-state index in [1.54, 1.807) is 0 Å². The molecule has 0 aliphatic carbocycles. The quantitative estimate of drug-likeness (QED) is 0.631. The summed E-state index contributed by atoms with van der Waals surface area (Å²) in [5, 5.41) is 2.69. The number of carbonyl (C=O) groups is 2. The summed E-state index contributed by atoms with van der Waals surface area (Å²) >= 11 is 0. The number of amides is 1. The van der Waals surface area contributed by atoms with Gasteiger partial charge in [0.05, 0.1) is 0 Å². The van der Waals surface area contributed by atoms with Gasteiger partial charge >= 0.3 is 0 Å². The summed E-state index contributed by atoms with van der Waals surface area (Å²) < 4.78 is 0. The normalized spacial score (nSPS) is 11.9. The lowest BCUT2D eigenvalue weighted by Crippen LogP contribution is -2.23. The highest BCUT2D eigenvalue weighted by Crippen LogP contribution is 2.08. The van der Waals surface area contributed by atoms with Crippen LogP contribution >= 0.6 is 0 Å². The number of rotatable bonds is 7. The van der Waals surface area contributed by atoms with Crippen LogP contribution in [0.2, 0.25) is 0 Å². The molecule has 1 atom stereocenters. The van der Waals surface area contributed by atoms with Crippen LogP contribution in [0.25, 0.3) is 0 Å². The molecule has 1 N–H and O–H groups in total. The highest BCUT2D eigenvalue weighted by Gasteiger charge is 2.07. The van der Waals surface area contributed by atoms with Crippen molar-refractivity contribution < 1.29 is 9.59 Å². The van der Waals surface area contributed by atoms with Gasteiger partial charge in [0, 0.05) is 19.4 Å². The summed E-state index contributed by atoms with van der Waals surface area (Å²) in [5.74, 6) is 0.471. The van der Waals surface area contributed by atoms with Gasteiger partial charge in [-0.1, -0.05) is 20.4 Å². The number of hydrogen-bond donors (Lipinski definition) is 1. The van der Waals surface area contributed by atoms with E-state index in [-0.39, 0.29) is 11.7 Å². The molecule has 0 fully saturated rings. The Morgan fingerprint density at radius 3 is 2.64 bits per heavy atom. The molecule has 0 aliphatic heterocycles. The largest absolute Gasteiger partial charge is 0.353 e. The van der Waals surface area contributed by atoms with E-state index in [1.807, 2.05) is 13.8 Å². The van der Waals surface area contributed by atoms with Crippen LogP contribution in [-0.4, -0.2) is 18.2 Å². The number of carbonyl (C=O) groups excluding carboxylic acids is 2. The highest BCUT2D eigenvalue weighted by atomic mass is 16.1. The minimum atomic E-state index is -0.154. The molecule has 1 amide bonds. The van der Waals surface area contributed by atoms with Crippen LogP contribution in [0.15, 0.2) is 12.7 Å². The Hall–Kier alpha value is -1.12. The predicted octanol–water partition coefficient (Wildman–Crippen LogP) is 1.68. The maximum absolute atomic E-state index is 11.1. The van der Waals surface area contributed by atoms with Gasteiger partial charge in [0.1, 0.15) is 5.78 Å². The van der Waals surface area contributed by atoms with Crippen molar-refractivity contribution in [1.29, 1.82) is 0 Å². The van der Waals surface area contributed by atoms with E-state index < -0.39 is 0 Å². The average Bonchev–Trinajstić information content (AvgIpc) is 2.17. The lowest BCUT2D eigenvalue weighted by Gasteiger charge is -2.09. The zero-order chi connectivity index (χ0) is 11.0. The Kier molecular flexibility index (Phi) is 6.72. The maximum atomic E-state index is 11.1. The molecule has 3 nitrogen and oxygen atoms in total. The second kappa shape index (κ2) is 7.30. The molecule has 0 rings (SSSR count). The first-order chi connectivity index (χ1) is 6.60. The lowest BCUT2D eigenvalue weighted by atomic mass is 10.00. The molecule has 1 unspecified atom stereocenters. The molecule has 80 valence electrons. The van der Waals surface area contributed by atoms with Crippen molar-refractivity contribution in [3.63, 3.8) is 0 Å². The van der Waals surface area contributed by atoms with E-state index in [0.717, 1.165) is 6.42 Å². The van der Waals surface area contributed by atoms with Crippen LogP contribution in [0.5, 0.6) is 0 Å². The Morgan fingerprint density at radius 2 is 2.14 bits per heavy atom. The van der Waals surface area contributed by atoms with E-state index in [0.29, 0.717) is 25.3 Å². The maximum Gasteiger partial charge on any atom is 0.243 e. The third-order valence-electron chi connectivity index (χ3n) is 2.09. The van der Waals surface area contributed by atoms with E-state index >= 15 is 0 Å². The molecule has 0 bridgehead atoms. The number of Topliss-reactive ketones (excluding diaryl/α,β-unsaturated/α-hetero) is 1. The van der Waals surface area contributed by atoms with Crippen molar-refractivity contribution in [3.05, 3.63) is 12.7 Å². The molecule has 0 radical (unpaired) electrons. The zero-order valence-electron chi connectivity index (χ0n) is 9.01. The molecular weight excluding hydrogens is 178 g/mol. The van der Waals surface area contributed by atoms with E-state index in [9.17, 15) is 9.59 Å². The standard InChI is InChI=1S/C11H19NO2/c1-4-10(13)8-9(3)6-7-12-11(14)5-2/h5,9H,2,4,6-8H2,1,3H3,(H,12,14). The van der Waals surface area contributed by atoms with Crippen LogP contribution in [0, 0.1) is 5.92 Å². The fourth-order valence-electron chi connectivity index (χ4n) is 1.15. The molecule has 0 saturated carbocycles. The van der Waals surface area contributed by atoms with Crippen LogP contribution in [0.1, 0.15) is 33.1 Å². The molecule has 0 heterocycles. The summed E-state index contributed by atoms with van der Waals surface area (Å²) in [6, 6.07) is 0. The molecule has 0 saturated heterocycles. The van der Waals surface area contributed by atoms with E-state index in [2.05, 4.69) is 11.9 Å². The molecule has 14 heavy (non-hydrogen) atoms. The zero-order valence-corrected chi connectivity index (χ0v) is 9.01. The second-order valence-electron chi connectivity index (χ2n) is 3.49. The van der Waals surface area contributed by atoms with Crippen LogP contribution < -0.4 is 5.32 Å². The van der Waals surface area contributed by atoms with E-state index in [1.165, 1.54) is 6.08 Å². The van der Waals surface area contributed by atoms with Crippen LogP contribution in [-0.2, 0) is 9.59 Å². The monoisotopic (exact) mass is 197 g/mol. The Bertz CT molecular complexity index is 211. The first-order valence-corrected chi connectivity index (χ1v) is 5.02. The third kappa shape index (κ3) is 6.40. The summed E-state index contributed by atoms with van der Waals surface area (Å²) in [6.45, 7) is 7.86. The van der Waals surface area contributed by atoms with Crippen molar-refractivity contribution in [1.82, 2.24) is 5.32 Å². The molecular formula is C11H19NO2. The smallest absolute Gasteiger partial charge is 0.243 e. The molecule has 3 heteroatoms. The van der Waals surface area contributed by atoms with Crippen LogP contribution in [0.3, 0.4) is 0 Å². The molecule has 0 aromatic rings. The molecule has 0 aromatic heterocycles. The Morgan fingerprint density at radius 1 is 1.50 bits per heavy atom. The van der Waals surface area contributed by atoms with Crippen molar-refractivity contribution in [3.8, 4) is 0 Å². The van der Waals surface area contributed by atoms with Gasteiger partial charge in [-0.3, -0.25) is 9.59 Å². The number of ketones is 1. The lowest BCUT2D eigenvalue weighted by molar-refractivity contribution is -0.119. The minimum absolute atomic E-state index is 0.154. The predicted molar refractivity (Wildman–Crippen MR) is 56.9 cm³/mol. The second-order valence-corrected chi connectivity index (χ2v) is 3.49. The SMILES string of the molecule is C=CC(=O)NCCC(C)CC(=O)CC. The van der Waals surface area contributed by atoms with Crippen molar-refractivity contribution in [2.24, 2.45) is 5.92 Å². The minimum Gasteiger partial charge on any atom is -0.353 e. The van der Waals surface area contributed by atoms with E-state index in [4.69, 9.17) is 0 Å². The topological polar surface area (TPSA) is 46.2 Å². The molecule has 0 aliphatic rings. The van der Waals surface area contributed by atoms with Gasteiger partial charge in [0.25, 0.3) is 0 Å². The van der Waals surface area contributed by atoms with Gasteiger partial charge in [-0.15, -0.1) is 0 Å². The fraction of sp³-hybridized carbons (Fsp3) is 0.636. The average molecular weight is 197 g/mol. The van der Waals surface area contributed by atoms with Gasteiger partial charge in [-0.25, -0.2) is 0 Å². The summed E-state index contributed by atoms with van der Waals surface area (Å²) in [7, 11) is 0. The van der Waals surface area contributed by atoms with Crippen molar-refractivity contribution >= 4 is 11.7 Å². The first-order valence-electron chi connectivity index (χ1n) is 5.02. The number of hydrogen-bond acceptors (Lipinski definition) is 2. The number of nitrogens with one attached hydrogen (secondary N) is 1. The van der Waals surface area contributed by atoms with Crippen molar-refractivity contribution in [2.75, 3.05) is 6.54 Å². The third-order valence-corrected chi connectivity index (χ3v) is 2.09. The summed E-state index contributed by atoms with van der Waals surface area (Å²) in [4.78, 5) is 21.8. The summed E-state index contributed by atoms with van der Waals surface area (Å²) in [5.41, 5.74) is 0. The molecule has 0 spiro atoms. The van der Waals surface area contributed by atoms with Gasteiger partial charge < -0.3 is 5.32 Å². The van der Waals surface area contributed by atoms with Gasteiger partial charge in [-0.05, 0) is 18.4 Å².